The fourth-order valence-corrected chi connectivity index (χ4v) is 1.77. The maximum absolute atomic E-state index is 11.3. The Bertz CT molecular complexity index is 232. The molecule has 0 saturated heterocycles. The molecule has 0 amide bonds. The van der Waals surface area contributed by atoms with Gasteiger partial charge < -0.3 is 9.47 Å². The van der Waals surface area contributed by atoms with Gasteiger partial charge in [-0.3, -0.25) is 9.59 Å². The number of esters is 2. The summed E-state index contributed by atoms with van der Waals surface area (Å²) in [5.74, 6) is -0.723. The maximum Gasteiger partial charge on any atom is 0.316 e. The van der Waals surface area contributed by atoms with Crippen LogP contribution in [0.2, 0.25) is 0 Å². The Balaban J connectivity index is 4.62. The lowest BCUT2D eigenvalue weighted by Crippen LogP contribution is -2.36. The summed E-state index contributed by atoms with van der Waals surface area (Å²) in [6, 6.07) is 0. The summed E-state index contributed by atoms with van der Waals surface area (Å²) in [4.78, 5) is 22.6. The van der Waals surface area contributed by atoms with E-state index in [1.54, 1.807) is 0 Å². The largest absolute Gasteiger partial charge is 0.458 e. The molecule has 0 spiro atoms. The van der Waals surface area contributed by atoms with Crippen LogP contribution in [0.25, 0.3) is 0 Å². The molecular formula is C12H22O4S2. The van der Waals surface area contributed by atoms with Gasteiger partial charge in [0, 0.05) is 0 Å². The minimum Gasteiger partial charge on any atom is -0.458 e. The Morgan fingerprint density at radius 3 is 1.44 bits per heavy atom. The molecule has 0 aromatic carbocycles. The molecule has 0 rings (SSSR count). The molecule has 0 aromatic heterocycles. The quantitative estimate of drug-likeness (QED) is 0.506. The number of rotatable bonds is 9. The molecule has 0 aliphatic heterocycles. The van der Waals surface area contributed by atoms with Gasteiger partial charge in [0.15, 0.2) is 0 Å². The number of thiol groups is 2. The van der Waals surface area contributed by atoms with Gasteiger partial charge in [-0.25, -0.2) is 0 Å². The van der Waals surface area contributed by atoms with Crippen molar-refractivity contribution in [3.05, 3.63) is 0 Å². The van der Waals surface area contributed by atoms with Gasteiger partial charge in [0.2, 0.25) is 0 Å². The Labute approximate surface area is 120 Å². The molecule has 0 saturated carbocycles. The third-order valence-corrected chi connectivity index (χ3v) is 2.90. The van der Waals surface area contributed by atoms with Crippen molar-refractivity contribution >= 4 is 37.2 Å². The van der Waals surface area contributed by atoms with Crippen LogP contribution < -0.4 is 0 Å². The van der Waals surface area contributed by atoms with Crippen LogP contribution >= 0.6 is 25.3 Å². The summed E-state index contributed by atoms with van der Waals surface area (Å²) in [5, 5.41) is 0. The van der Waals surface area contributed by atoms with Crippen molar-refractivity contribution in [3.63, 3.8) is 0 Å². The van der Waals surface area contributed by atoms with Crippen molar-refractivity contribution in [2.24, 2.45) is 0 Å². The first-order chi connectivity index (χ1) is 8.58. The molecule has 0 fully saturated rings. The van der Waals surface area contributed by atoms with Crippen LogP contribution in [0.5, 0.6) is 0 Å². The van der Waals surface area contributed by atoms with Crippen molar-refractivity contribution in [2.75, 3.05) is 11.5 Å². The van der Waals surface area contributed by atoms with Crippen LogP contribution in [0, 0.1) is 0 Å². The number of ether oxygens (including phenoxy) is 2. The van der Waals surface area contributed by atoms with Gasteiger partial charge in [0.1, 0.15) is 12.2 Å². The molecule has 0 aliphatic carbocycles. The van der Waals surface area contributed by atoms with Gasteiger partial charge in [0.05, 0.1) is 11.5 Å². The van der Waals surface area contributed by atoms with Crippen molar-refractivity contribution < 1.29 is 19.1 Å². The monoisotopic (exact) mass is 294 g/mol. The molecular weight excluding hydrogens is 272 g/mol. The van der Waals surface area contributed by atoms with Crippen LogP contribution in [-0.4, -0.2) is 35.7 Å². The molecule has 0 N–H and O–H groups in total. The highest BCUT2D eigenvalue weighted by atomic mass is 32.1. The van der Waals surface area contributed by atoms with Crippen molar-refractivity contribution in [2.45, 2.75) is 51.7 Å². The molecule has 0 radical (unpaired) electrons. The van der Waals surface area contributed by atoms with Crippen LogP contribution in [-0.2, 0) is 19.1 Å². The summed E-state index contributed by atoms with van der Waals surface area (Å²) in [6.45, 7) is 3.98. The number of carbonyl (C=O) groups is 2. The normalized spacial score (nSPS) is 13.8. The van der Waals surface area contributed by atoms with Gasteiger partial charge in [0.25, 0.3) is 0 Å². The zero-order valence-corrected chi connectivity index (χ0v) is 12.7. The molecule has 18 heavy (non-hydrogen) atoms. The Hall–Kier alpha value is -0.360. The van der Waals surface area contributed by atoms with E-state index in [1.165, 1.54) is 0 Å². The zero-order valence-electron chi connectivity index (χ0n) is 10.9. The van der Waals surface area contributed by atoms with Crippen LogP contribution in [0.3, 0.4) is 0 Å². The fraction of sp³-hybridized carbons (Fsp3) is 0.833. The van der Waals surface area contributed by atoms with E-state index in [4.69, 9.17) is 9.47 Å². The summed E-state index contributed by atoms with van der Waals surface area (Å²) in [5.41, 5.74) is 0. The Kier molecular flexibility index (Phi) is 10.3. The minimum absolute atomic E-state index is 0.0274. The third-order valence-electron chi connectivity index (χ3n) is 2.38. The van der Waals surface area contributed by atoms with E-state index in [0.29, 0.717) is 12.8 Å². The first-order valence-corrected chi connectivity index (χ1v) is 7.46. The van der Waals surface area contributed by atoms with Crippen molar-refractivity contribution in [1.82, 2.24) is 0 Å². The average molecular weight is 294 g/mol. The standard InChI is InChI=1S/C12H22O4S2/c1-3-5-9(15-11(13)7-17)10(6-4-2)16-12(14)8-18/h9-10,17-18H,3-8H2,1-2H3. The van der Waals surface area contributed by atoms with E-state index in [2.05, 4.69) is 25.3 Å². The SMILES string of the molecule is CCCC(OC(=O)CS)C(CCC)OC(=O)CS. The first kappa shape index (κ1) is 17.6. The van der Waals surface area contributed by atoms with Crippen LogP contribution in [0.1, 0.15) is 39.5 Å². The van der Waals surface area contributed by atoms with E-state index in [-0.39, 0.29) is 23.4 Å². The molecule has 0 aromatic rings. The van der Waals surface area contributed by atoms with Gasteiger partial charge in [-0.15, -0.1) is 0 Å². The smallest absolute Gasteiger partial charge is 0.316 e. The molecule has 2 atom stereocenters. The topological polar surface area (TPSA) is 52.6 Å². The second-order valence-electron chi connectivity index (χ2n) is 3.95. The number of hydrogen-bond acceptors (Lipinski definition) is 6. The molecule has 106 valence electrons. The van der Waals surface area contributed by atoms with Gasteiger partial charge in [-0.2, -0.15) is 25.3 Å². The number of hydrogen-bond donors (Lipinski definition) is 2. The molecule has 6 heteroatoms. The highest BCUT2D eigenvalue weighted by molar-refractivity contribution is 7.81. The summed E-state index contributed by atoms with van der Waals surface area (Å²) in [7, 11) is 0. The lowest BCUT2D eigenvalue weighted by atomic mass is 10.0. The van der Waals surface area contributed by atoms with Crippen LogP contribution in [0.4, 0.5) is 0 Å². The highest BCUT2D eigenvalue weighted by Gasteiger charge is 2.26. The van der Waals surface area contributed by atoms with Gasteiger partial charge in [-0.1, -0.05) is 26.7 Å². The van der Waals surface area contributed by atoms with Crippen molar-refractivity contribution in [1.29, 1.82) is 0 Å². The molecule has 2 unspecified atom stereocenters. The predicted molar refractivity (Wildman–Crippen MR) is 77.3 cm³/mol. The molecule has 4 nitrogen and oxygen atoms in total. The summed E-state index contributed by atoms with van der Waals surface area (Å²) in [6.07, 6.45) is 2.26. The fourth-order valence-electron chi connectivity index (χ4n) is 1.62. The zero-order chi connectivity index (χ0) is 14.0. The maximum atomic E-state index is 11.3. The first-order valence-electron chi connectivity index (χ1n) is 6.19. The lowest BCUT2D eigenvalue weighted by molar-refractivity contribution is -0.165. The third kappa shape index (κ3) is 7.16. The second-order valence-corrected chi connectivity index (χ2v) is 4.58. The van der Waals surface area contributed by atoms with E-state index >= 15 is 0 Å². The van der Waals surface area contributed by atoms with E-state index in [1.807, 2.05) is 13.8 Å². The lowest BCUT2D eigenvalue weighted by Gasteiger charge is -2.26. The van der Waals surface area contributed by atoms with E-state index < -0.39 is 12.2 Å². The van der Waals surface area contributed by atoms with E-state index in [9.17, 15) is 9.59 Å². The van der Waals surface area contributed by atoms with Crippen molar-refractivity contribution in [3.8, 4) is 0 Å². The highest BCUT2D eigenvalue weighted by Crippen LogP contribution is 2.17. The molecule has 0 aliphatic rings. The van der Waals surface area contributed by atoms with E-state index in [0.717, 1.165) is 12.8 Å². The predicted octanol–water partition coefficient (Wildman–Crippen LogP) is 2.27. The van der Waals surface area contributed by atoms with Gasteiger partial charge >= 0.3 is 11.9 Å². The molecule has 0 heterocycles. The summed E-state index contributed by atoms with van der Waals surface area (Å²) < 4.78 is 10.6. The second kappa shape index (κ2) is 10.6. The Morgan fingerprint density at radius 1 is 0.889 bits per heavy atom. The minimum atomic E-state index is -0.390. The molecule has 0 bridgehead atoms. The van der Waals surface area contributed by atoms with Gasteiger partial charge in [-0.05, 0) is 12.8 Å². The summed E-state index contributed by atoms with van der Waals surface area (Å²) >= 11 is 7.75. The Morgan fingerprint density at radius 2 is 1.22 bits per heavy atom. The average Bonchev–Trinajstić information content (AvgIpc) is 2.37. The number of carbonyl (C=O) groups excluding carboxylic acids is 2. The van der Waals surface area contributed by atoms with Crippen LogP contribution in [0.15, 0.2) is 0 Å².